The highest BCUT2D eigenvalue weighted by Gasteiger charge is 2.23. The molecule has 0 saturated heterocycles. The minimum absolute atomic E-state index is 0.264. The number of ether oxygens (including phenoxy) is 1. The number of aliphatic hydroxyl groups excluding tert-OH is 1. The van der Waals surface area contributed by atoms with Gasteiger partial charge in [0.15, 0.2) is 0 Å². The van der Waals surface area contributed by atoms with E-state index in [0.717, 1.165) is 42.0 Å². The van der Waals surface area contributed by atoms with E-state index in [9.17, 15) is 9.90 Å². The molecule has 3 aromatic heterocycles. The molecule has 4 aromatic rings. The van der Waals surface area contributed by atoms with Crippen LogP contribution in [-0.4, -0.2) is 44.2 Å². The average molecular weight is 419 g/mol. The number of nitrogens with one attached hydrogen (secondary N) is 1. The summed E-state index contributed by atoms with van der Waals surface area (Å²) < 4.78 is 9.03. The molecule has 1 aliphatic rings. The monoisotopic (exact) mass is 419 g/mol. The molecule has 8 heteroatoms. The normalized spacial score (nSPS) is 19.0. The smallest absolute Gasteiger partial charge is 0.331 e. The van der Waals surface area contributed by atoms with Crippen molar-refractivity contribution in [3.63, 3.8) is 0 Å². The molecule has 8 nitrogen and oxygen atoms in total. The number of rotatable bonds is 4. The maximum Gasteiger partial charge on any atom is 0.331 e. The van der Waals surface area contributed by atoms with Gasteiger partial charge in [-0.1, -0.05) is 0 Å². The van der Waals surface area contributed by atoms with Crippen molar-refractivity contribution in [1.29, 1.82) is 0 Å². The summed E-state index contributed by atoms with van der Waals surface area (Å²) in [5, 5.41) is 18.9. The number of fused-ring (bicyclic) bond motifs is 2. The van der Waals surface area contributed by atoms with Crippen molar-refractivity contribution in [2.24, 2.45) is 5.92 Å². The van der Waals surface area contributed by atoms with Gasteiger partial charge in [0.25, 0.3) is 0 Å². The number of aromatic nitrogens is 4. The van der Waals surface area contributed by atoms with Gasteiger partial charge in [0.1, 0.15) is 11.4 Å². The van der Waals surface area contributed by atoms with E-state index in [1.54, 1.807) is 19.5 Å². The zero-order valence-electron chi connectivity index (χ0n) is 17.4. The fraction of sp³-hybridized carbons (Fsp3) is 0.348. The number of anilines is 1. The van der Waals surface area contributed by atoms with Gasteiger partial charge >= 0.3 is 6.03 Å². The number of amides is 1. The molecule has 0 unspecified atom stereocenters. The maximum atomic E-state index is 12.9. The van der Waals surface area contributed by atoms with Crippen LogP contribution in [-0.2, 0) is 0 Å². The highest BCUT2D eigenvalue weighted by atomic mass is 16.5. The van der Waals surface area contributed by atoms with E-state index < -0.39 is 0 Å². The lowest BCUT2D eigenvalue weighted by molar-refractivity contribution is 0.165. The molecule has 5 rings (SSSR count). The van der Waals surface area contributed by atoms with E-state index in [2.05, 4.69) is 10.3 Å². The predicted octanol–water partition coefficient (Wildman–Crippen LogP) is 4.20. The van der Waals surface area contributed by atoms with Crippen LogP contribution < -0.4 is 10.1 Å². The Balaban J connectivity index is 1.42. The van der Waals surface area contributed by atoms with Crippen LogP contribution in [0.15, 0.2) is 48.9 Å². The van der Waals surface area contributed by atoms with Gasteiger partial charge in [-0.05, 0) is 55.9 Å². The van der Waals surface area contributed by atoms with Crippen LogP contribution in [0.3, 0.4) is 0 Å². The Kier molecular flexibility index (Phi) is 5.07. The van der Waals surface area contributed by atoms with Crippen LogP contribution in [0.4, 0.5) is 10.5 Å². The molecule has 0 atom stereocenters. The Morgan fingerprint density at radius 1 is 1.23 bits per heavy atom. The molecule has 1 aromatic carbocycles. The molecule has 0 aliphatic heterocycles. The Bertz CT molecular complexity index is 1240. The van der Waals surface area contributed by atoms with Crippen molar-refractivity contribution in [3.8, 4) is 5.75 Å². The van der Waals surface area contributed by atoms with Crippen molar-refractivity contribution < 1.29 is 14.6 Å². The SMILES string of the molecule is COc1cc2nn(C3CCC(CO)CC3)cc2cc1NC(=O)n1ccc2cccnc21. The number of carbonyl (C=O) groups is 1. The molecule has 160 valence electrons. The third-order valence-corrected chi connectivity index (χ3v) is 6.20. The molecule has 0 spiro atoms. The standard InChI is InChI=1S/C23H25N5O3/c1-31-21-12-19-17(13-28(26-19)18-6-4-15(14-29)5-7-18)11-20(21)25-23(30)27-10-8-16-3-2-9-24-22(16)27/h2-3,8-13,15,18,29H,4-7,14H2,1H3,(H,25,30). The minimum Gasteiger partial charge on any atom is -0.494 e. The summed E-state index contributed by atoms with van der Waals surface area (Å²) in [6.45, 7) is 0.264. The van der Waals surface area contributed by atoms with Crippen LogP contribution >= 0.6 is 0 Å². The summed E-state index contributed by atoms with van der Waals surface area (Å²) in [4.78, 5) is 17.2. The van der Waals surface area contributed by atoms with Gasteiger partial charge in [-0.3, -0.25) is 9.25 Å². The Morgan fingerprint density at radius 2 is 2.06 bits per heavy atom. The van der Waals surface area contributed by atoms with Crippen molar-refractivity contribution in [1.82, 2.24) is 19.3 Å². The minimum atomic E-state index is -0.305. The van der Waals surface area contributed by atoms with E-state index >= 15 is 0 Å². The first-order valence-corrected chi connectivity index (χ1v) is 10.6. The van der Waals surface area contributed by atoms with Gasteiger partial charge in [0.05, 0.1) is 24.4 Å². The fourth-order valence-electron chi connectivity index (χ4n) is 4.42. The second-order valence-corrected chi connectivity index (χ2v) is 8.11. The quantitative estimate of drug-likeness (QED) is 0.517. The highest BCUT2D eigenvalue weighted by molar-refractivity contribution is 6.00. The zero-order valence-corrected chi connectivity index (χ0v) is 17.4. The maximum absolute atomic E-state index is 12.9. The Morgan fingerprint density at radius 3 is 2.84 bits per heavy atom. The lowest BCUT2D eigenvalue weighted by Crippen LogP contribution is -2.20. The fourth-order valence-corrected chi connectivity index (χ4v) is 4.42. The predicted molar refractivity (Wildman–Crippen MR) is 119 cm³/mol. The number of pyridine rings is 1. The second kappa shape index (κ2) is 8.03. The summed E-state index contributed by atoms with van der Waals surface area (Å²) >= 11 is 0. The van der Waals surface area contributed by atoms with Crippen molar-refractivity contribution in [2.45, 2.75) is 31.7 Å². The van der Waals surface area contributed by atoms with Gasteiger partial charge in [0, 0.05) is 42.0 Å². The topological polar surface area (TPSA) is 94.2 Å². The van der Waals surface area contributed by atoms with Gasteiger partial charge < -0.3 is 15.2 Å². The molecule has 1 aliphatic carbocycles. The van der Waals surface area contributed by atoms with Crippen LogP contribution in [0.1, 0.15) is 31.7 Å². The van der Waals surface area contributed by atoms with Crippen LogP contribution in [0, 0.1) is 5.92 Å². The summed E-state index contributed by atoms with van der Waals surface area (Å²) in [5.41, 5.74) is 2.01. The van der Waals surface area contributed by atoms with Crippen LogP contribution in [0.5, 0.6) is 5.75 Å². The van der Waals surface area contributed by atoms with Crippen molar-refractivity contribution in [2.75, 3.05) is 19.0 Å². The van der Waals surface area contributed by atoms with Gasteiger partial charge in [-0.2, -0.15) is 5.10 Å². The lowest BCUT2D eigenvalue weighted by Gasteiger charge is -2.27. The number of hydrogen-bond donors (Lipinski definition) is 2. The summed E-state index contributed by atoms with van der Waals surface area (Å²) in [6, 6.07) is 9.40. The third kappa shape index (κ3) is 3.63. The van der Waals surface area contributed by atoms with Crippen molar-refractivity contribution in [3.05, 3.63) is 48.9 Å². The molecular formula is C23H25N5O3. The average Bonchev–Trinajstić information content (AvgIpc) is 3.42. The van der Waals surface area contributed by atoms with E-state index in [0.29, 0.717) is 29.0 Å². The molecule has 2 N–H and O–H groups in total. The van der Waals surface area contributed by atoms with Gasteiger partial charge in [-0.25, -0.2) is 9.78 Å². The van der Waals surface area contributed by atoms with E-state index in [1.807, 2.05) is 41.2 Å². The number of hydrogen-bond acceptors (Lipinski definition) is 5. The Hall–Kier alpha value is -3.39. The first-order chi connectivity index (χ1) is 15.2. The van der Waals surface area contributed by atoms with E-state index in [1.165, 1.54) is 4.57 Å². The molecule has 1 saturated carbocycles. The van der Waals surface area contributed by atoms with Crippen LogP contribution in [0.25, 0.3) is 21.9 Å². The first-order valence-electron chi connectivity index (χ1n) is 10.6. The molecule has 3 heterocycles. The number of carbonyl (C=O) groups excluding carboxylic acids is 1. The zero-order chi connectivity index (χ0) is 21.4. The summed E-state index contributed by atoms with van der Waals surface area (Å²) in [5.74, 6) is 0.960. The molecule has 31 heavy (non-hydrogen) atoms. The summed E-state index contributed by atoms with van der Waals surface area (Å²) in [6.07, 6.45) is 9.45. The molecular weight excluding hydrogens is 394 g/mol. The highest BCUT2D eigenvalue weighted by Crippen LogP contribution is 2.35. The van der Waals surface area contributed by atoms with E-state index in [4.69, 9.17) is 9.84 Å². The summed E-state index contributed by atoms with van der Waals surface area (Å²) in [7, 11) is 1.58. The van der Waals surface area contributed by atoms with Gasteiger partial charge in [0.2, 0.25) is 0 Å². The molecule has 1 fully saturated rings. The molecule has 1 amide bonds. The number of benzene rings is 1. The number of methoxy groups -OCH3 is 1. The first kappa shape index (κ1) is 19.6. The van der Waals surface area contributed by atoms with Crippen molar-refractivity contribution >= 4 is 33.7 Å². The lowest BCUT2D eigenvalue weighted by atomic mass is 9.87. The third-order valence-electron chi connectivity index (χ3n) is 6.20. The van der Waals surface area contributed by atoms with Crippen LogP contribution in [0.2, 0.25) is 0 Å². The number of aliphatic hydroxyl groups is 1. The number of nitrogens with zero attached hydrogens (tertiary/aromatic N) is 4. The second-order valence-electron chi connectivity index (χ2n) is 8.11. The molecule has 0 radical (unpaired) electrons. The van der Waals surface area contributed by atoms with E-state index in [-0.39, 0.29) is 12.6 Å². The van der Waals surface area contributed by atoms with Gasteiger partial charge in [-0.15, -0.1) is 0 Å². The molecule has 0 bridgehead atoms. The largest absolute Gasteiger partial charge is 0.494 e. The Labute approximate surface area is 179 Å².